The Kier molecular flexibility index (Phi) is 7.61. The molecule has 31 heavy (non-hydrogen) atoms. The molecule has 1 amide bonds. The molecule has 0 spiro atoms. The van der Waals surface area contributed by atoms with Crippen molar-refractivity contribution in [2.24, 2.45) is 0 Å². The van der Waals surface area contributed by atoms with Crippen molar-refractivity contribution in [3.05, 3.63) is 75.8 Å². The number of carbonyl (C=O) groups excluding carboxylic acids is 1. The minimum Gasteiger partial charge on any atom is -0.329 e. The van der Waals surface area contributed by atoms with E-state index in [0.717, 1.165) is 25.7 Å². The third-order valence-corrected chi connectivity index (χ3v) is 5.80. The van der Waals surface area contributed by atoms with Gasteiger partial charge in [-0.15, -0.1) is 0 Å². The van der Waals surface area contributed by atoms with Crippen LogP contribution in [-0.2, 0) is 13.0 Å². The zero-order chi connectivity index (χ0) is 22.4. The zero-order valence-corrected chi connectivity index (χ0v) is 19.1. The van der Waals surface area contributed by atoms with E-state index in [4.69, 9.17) is 4.98 Å². The molecule has 1 atom stereocenters. The van der Waals surface area contributed by atoms with Crippen molar-refractivity contribution in [3.63, 3.8) is 0 Å². The molecule has 0 aliphatic heterocycles. The van der Waals surface area contributed by atoms with Crippen LogP contribution in [0.1, 0.15) is 74.7 Å². The van der Waals surface area contributed by atoms with Crippen molar-refractivity contribution < 1.29 is 4.79 Å². The van der Waals surface area contributed by atoms with Gasteiger partial charge < -0.3 is 4.90 Å². The lowest BCUT2D eigenvalue weighted by molar-refractivity contribution is 0.0691. The van der Waals surface area contributed by atoms with E-state index in [0.29, 0.717) is 35.4 Å². The molecule has 0 saturated carbocycles. The van der Waals surface area contributed by atoms with Crippen LogP contribution in [0, 0.1) is 0 Å². The van der Waals surface area contributed by atoms with Crippen LogP contribution in [-0.4, -0.2) is 26.9 Å². The molecule has 1 heterocycles. The molecule has 2 aromatic carbocycles. The first-order valence-corrected chi connectivity index (χ1v) is 11.4. The first-order chi connectivity index (χ1) is 15.0. The molecule has 0 N–H and O–H groups in total. The van der Waals surface area contributed by atoms with Crippen LogP contribution in [0.4, 0.5) is 0 Å². The highest BCUT2D eigenvalue weighted by molar-refractivity contribution is 5.94. The number of aromatic nitrogens is 2. The van der Waals surface area contributed by atoms with Crippen LogP contribution >= 0.6 is 0 Å². The number of hydrogen-bond acceptors (Lipinski definition) is 3. The highest BCUT2D eigenvalue weighted by Gasteiger charge is 2.25. The van der Waals surface area contributed by atoms with Crippen LogP contribution in [0.3, 0.4) is 0 Å². The van der Waals surface area contributed by atoms with Crippen LogP contribution in [0.5, 0.6) is 0 Å². The maximum absolute atomic E-state index is 13.3. The number of hydrogen-bond donors (Lipinski definition) is 0. The van der Waals surface area contributed by atoms with E-state index in [-0.39, 0.29) is 17.5 Å². The Morgan fingerprint density at radius 1 is 1.03 bits per heavy atom. The molecule has 5 heteroatoms. The standard InChI is InChI=1S/C26H33N3O2/c1-5-8-11-20-14-16-21(17-15-20)25(30)28(7-3)19(4)24-27-23-13-10-9-12-22(23)26(31)29(24)18-6-2/h9-10,12-17,19H,5-8,11,18H2,1-4H3. The summed E-state index contributed by atoms with van der Waals surface area (Å²) < 4.78 is 1.73. The van der Waals surface area contributed by atoms with E-state index in [1.807, 2.05) is 69.3 Å². The molecule has 164 valence electrons. The van der Waals surface area contributed by atoms with Crippen molar-refractivity contribution in [3.8, 4) is 0 Å². The fourth-order valence-electron chi connectivity index (χ4n) is 4.04. The number of rotatable bonds is 9. The van der Waals surface area contributed by atoms with Gasteiger partial charge in [-0.3, -0.25) is 14.2 Å². The molecule has 0 saturated heterocycles. The van der Waals surface area contributed by atoms with Gasteiger partial charge in [-0.1, -0.05) is 44.5 Å². The van der Waals surface area contributed by atoms with Crippen LogP contribution in [0.25, 0.3) is 10.9 Å². The first kappa shape index (κ1) is 22.7. The first-order valence-electron chi connectivity index (χ1n) is 11.4. The largest absolute Gasteiger partial charge is 0.329 e. The summed E-state index contributed by atoms with van der Waals surface area (Å²) in [4.78, 5) is 33.1. The highest BCUT2D eigenvalue weighted by Crippen LogP contribution is 2.22. The van der Waals surface area contributed by atoms with Crippen molar-refractivity contribution >= 4 is 16.8 Å². The molecule has 0 radical (unpaired) electrons. The molecule has 0 bridgehead atoms. The summed E-state index contributed by atoms with van der Waals surface area (Å²) in [6.07, 6.45) is 4.15. The maximum atomic E-state index is 13.3. The van der Waals surface area contributed by atoms with E-state index >= 15 is 0 Å². The summed E-state index contributed by atoms with van der Waals surface area (Å²) in [5.41, 5.74) is 2.55. The quantitative estimate of drug-likeness (QED) is 0.468. The predicted molar refractivity (Wildman–Crippen MR) is 126 cm³/mol. The number of fused-ring (bicyclic) bond motifs is 1. The van der Waals surface area contributed by atoms with Gasteiger partial charge in [0.1, 0.15) is 5.82 Å². The smallest absolute Gasteiger partial charge is 0.261 e. The van der Waals surface area contributed by atoms with Crippen LogP contribution in [0.15, 0.2) is 53.3 Å². The lowest BCUT2D eigenvalue weighted by atomic mass is 10.1. The van der Waals surface area contributed by atoms with Gasteiger partial charge in [-0.25, -0.2) is 4.98 Å². The van der Waals surface area contributed by atoms with Gasteiger partial charge in [0, 0.05) is 18.7 Å². The second-order valence-corrected chi connectivity index (χ2v) is 8.01. The van der Waals surface area contributed by atoms with Gasteiger partial charge in [0.25, 0.3) is 11.5 Å². The minimum absolute atomic E-state index is 0.0394. The van der Waals surface area contributed by atoms with E-state index in [1.54, 1.807) is 9.47 Å². The molecule has 0 aliphatic rings. The average Bonchev–Trinajstić information content (AvgIpc) is 2.80. The van der Waals surface area contributed by atoms with Gasteiger partial charge >= 0.3 is 0 Å². The summed E-state index contributed by atoms with van der Waals surface area (Å²) in [6.45, 7) is 9.25. The molecule has 0 fully saturated rings. The Morgan fingerprint density at radius 2 is 1.74 bits per heavy atom. The Morgan fingerprint density at radius 3 is 2.39 bits per heavy atom. The second kappa shape index (κ2) is 10.4. The average molecular weight is 420 g/mol. The van der Waals surface area contributed by atoms with Crippen molar-refractivity contribution in [2.45, 2.75) is 66.0 Å². The molecule has 1 aromatic heterocycles. The molecular formula is C26H33N3O2. The number of nitrogens with zero attached hydrogens (tertiary/aromatic N) is 3. The zero-order valence-electron chi connectivity index (χ0n) is 19.1. The van der Waals surface area contributed by atoms with Gasteiger partial charge in [-0.2, -0.15) is 0 Å². The number of aryl methyl sites for hydroxylation is 1. The normalized spacial score (nSPS) is 12.1. The van der Waals surface area contributed by atoms with Crippen LogP contribution in [0.2, 0.25) is 0 Å². The number of benzene rings is 2. The fourth-order valence-corrected chi connectivity index (χ4v) is 4.04. The third kappa shape index (κ3) is 4.87. The Bertz CT molecular complexity index is 1090. The fraction of sp³-hybridized carbons (Fsp3) is 0.423. The van der Waals surface area contributed by atoms with E-state index < -0.39 is 0 Å². The predicted octanol–water partition coefficient (Wildman–Crippen LogP) is 5.37. The van der Waals surface area contributed by atoms with Crippen molar-refractivity contribution in [2.75, 3.05) is 6.54 Å². The Balaban J connectivity index is 1.96. The lowest BCUT2D eigenvalue weighted by Gasteiger charge is -2.29. The summed E-state index contributed by atoms with van der Waals surface area (Å²) in [5.74, 6) is 0.600. The van der Waals surface area contributed by atoms with Crippen molar-refractivity contribution in [1.29, 1.82) is 0 Å². The summed E-state index contributed by atoms with van der Waals surface area (Å²) >= 11 is 0. The molecule has 3 rings (SSSR count). The summed E-state index contributed by atoms with van der Waals surface area (Å²) in [7, 11) is 0. The molecular weight excluding hydrogens is 386 g/mol. The lowest BCUT2D eigenvalue weighted by Crippen LogP contribution is -2.37. The molecule has 0 aliphatic carbocycles. The number of amides is 1. The van der Waals surface area contributed by atoms with Crippen LogP contribution < -0.4 is 5.56 Å². The molecule has 5 nitrogen and oxygen atoms in total. The van der Waals surface area contributed by atoms with E-state index in [2.05, 4.69) is 6.92 Å². The Hall–Kier alpha value is -2.95. The highest BCUT2D eigenvalue weighted by atomic mass is 16.2. The second-order valence-electron chi connectivity index (χ2n) is 8.01. The topological polar surface area (TPSA) is 55.2 Å². The van der Waals surface area contributed by atoms with Crippen molar-refractivity contribution in [1.82, 2.24) is 14.5 Å². The number of carbonyl (C=O) groups is 1. The van der Waals surface area contributed by atoms with Gasteiger partial charge in [0.05, 0.1) is 16.9 Å². The Labute approximate surface area is 184 Å². The van der Waals surface area contributed by atoms with Gasteiger partial charge in [0.15, 0.2) is 0 Å². The summed E-state index contributed by atoms with van der Waals surface area (Å²) in [6, 6.07) is 15.0. The molecule has 1 unspecified atom stereocenters. The third-order valence-electron chi connectivity index (χ3n) is 5.80. The number of unbranched alkanes of at least 4 members (excludes halogenated alkanes) is 1. The van der Waals surface area contributed by atoms with E-state index in [9.17, 15) is 9.59 Å². The SMILES string of the molecule is CCCCc1ccc(C(=O)N(CC)C(C)c2nc3ccccc3c(=O)n2CCC)cc1. The van der Waals surface area contributed by atoms with Gasteiger partial charge in [0.2, 0.25) is 0 Å². The van der Waals surface area contributed by atoms with Gasteiger partial charge in [-0.05, 0) is 62.9 Å². The molecule has 3 aromatic rings. The monoisotopic (exact) mass is 419 g/mol. The minimum atomic E-state index is -0.318. The maximum Gasteiger partial charge on any atom is 0.261 e. The number of para-hydroxylation sites is 1. The summed E-state index contributed by atoms with van der Waals surface area (Å²) in [5, 5.41) is 0.615. The van der Waals surface area contributed by atoms with E-state index in [1.165, 1.54) is 5.56 Å².